The summed E-state index contributed by atoms with van der Waals surface area (Å²) in [6, 6.07) is 6.35. The van der Waals surface area contributed by atoms with Crippen LogP contribution in [0.2, 0.25) is 0 Å². The number of nitriles is 1. The molecule has 1 aromatic rings. The average Bonchev–Trinajstić information content (AvgIpc) is 2.45. The molecule has 0 radical (unpaired) electrons. The monoisotopic (exact) mass is 289 g/mol. The molecule has 1 aliphatic rings. The molecule has 0 aromatic heterocycles. The Bertz CT molecular complexity index is 623. The third kappa shape index (κ3) is 2.94. The molecule has 1 heterocycles. The molecule has 7 nitrogen and oxygen atoms in total. The fraction of sp³-hybridized carbons (Fsp3) is 0.429. The van der Waals surface area contributed by atoms with Crippen LogP contribution in [0.5, 0.6) is 0 Å². The van der Waals surface area contributed by atoms with E-state index in [4.69, 9.17) is 5.26 Å². The zero-order chi connectivity index (χ0) is 15.6. The van der Waals surface area contributed by atoms with E-state index in [1.54, 1.807) is 17.0 Å². The number of carbonyl (C=O) groups is 1. The predicted octanol–water partition coefficient (Wildman–Crippen LogP) is 2.01. The molecule has 1 aliphatic heterocycles. The van der Waals surface area contributed by atoms with Crippen molar-refractivity contribution >= 4 is 17.3 Å². The van der Waals surface area contributed by atoms with Gasteiger partial charge in [0.25, 0.3) is 0 Å². The molecule has 0 amide bonds. The van der Waals surface area contributed by atoms with Gasteiger partial charge < -0.3 is 10.0 Å². The number of para-hydroxylation sites is 1. The van der Waals surface area contributed by atoms with Crippen molar-refractivity contribution in [2.45, 2.75) is 13.3 Å². The Morgan fingerprint density at radius 1 is 1.52 bits per heavy atom. The van der Waals surface area contributed by atoms with Crippen molar-refractivity contribution in [3.05, 3.63) is 33.9 Å². The van der Waals surface area contributed by atoms with E-state index in [1.807, 2.05) is 13.0 Å². The first-order valence-corrected chi connectivity index (χ1v) is 6.59. The number of aliphatic carboxylic acids is 1. The van der Waals surface area contributed by atoms with Gasteiger partial charge in [0.1, 0.15) is 17.3 Å². The van der Waals surface area contributed by atoms with Crippen LogP contribution in [0.3, 0.4) is 0 Å². The zero-order valence-electron chi connectivity index (χ0n) is 11.5. The fourth-order valence-corrected chi connectivity index (χ4v) is 2.80. The average molecular weight is 289 g/mol. The van der Waals surface area contributed by atoms with Gasteiger partial charge in [-0.2, -0.15) is 5.26 Å². The van der Waals surface area contributed by atoms with Crippen LogP contribution in [0, 0.1) is 33.3 Å². The molecule has 1 N–H and O–H groups in total. The Hall–Kier alpha value is -2.62. The van der Waals surface area contributed by atoms with E-state index in [1.165, 1.54) is 6.07 Å². The second-order valence-corrected chi connectivity index (χ2v) is 5.32. The van der Waals surface area contributed by atoms with E-state index in [9.17, 15) is 20.0 Å². The van der Waals surface area contributed by atoms with Gasteiger partial charge in [-0.1, -0.05) is 13.0 Å². The Kier molecular flexibility index (Phi) is 4.08. The Morgan fingerprint density at radius 2 is 2.24 bits per heavy atom. The number of carboxylic acid groups (broad SMARTS) is 1. The second-order valence-electron chi connectivity index (χ2n) is 5.32. The minimum absolute atomic E-state index is 0.0115. The lowest BCUT2D eigenvalue weighted by Gasteiger charge is -2.35. The predicted molar refractivity (Wildman–Crippen MR) is 74.9 cm³/mol. The maximum Gasteiger partial charge on any atom is 0.310 e. The molecule has 0 aliphatic carbocycles. The summed E-state index contributed by atoms with van der Waals surface area (Å²) in [7, 11) is 0. The van der Waals surface area contributed by atoms with Crippen LogP contribution in [0.15, 0.2) is 18.2 Å². The Balaban J connectivity index is 2.44. The highest BCUT2D eigenvalue weighted by Gasteiger charge is 2.33. The fourth-order valence-electron chi connectivity index (χ4n) is 2.80. The van der Waals surface area contributed by atoms with Gasteiger partial charge in [0.2, 0.25) is 0 Å². The second kappa shape index (κ2) is 5.79. The van der Waals surface area contributed by atoms with Gasteiger partial charge in [0.15, 0.2) is 0 Å². The molecule has 0 spiro atoms. The van der Waals surface area contributed by atoms with Gasteiger partial charge in [-0.3, -0.25) is 14.9 Å². The molecule has 0 saturated carbocycles. The van der Waals surface area contributed by atoms with E-state index < -0.39 is 16.8 Å². The van der Waals surface area contributed by atoms with Crippen molar-refractivity contribution in [3.8, 4) is 6.07 Å². The highest BCUT2D eigenvalue weighted by Crippen LogP contribution is 2.35. The number of nitro groups is 1. The quantitative estimate of drug-likeness (QED) is 0.673. The van der Waals surface area contributed by atoms with Gasteiger partial charge in [-0.25, -0.2) is 0 Å². The van der Waals surface area contributed by atoms with Crippen molar-refractivity contribution in [1.29, 1.82) is 5.26 Å². The number of benzene rings is 1. The third-order valence-electron chi connectivity index (χ3n) is 3.67. The van der Waals surface area contributed by atoms with Gasteiger partial charge >= 0.3 is 11.7 Å². The van der Waals surface area contributed by atoms with E-state index >= 15 is 0 Å². The number of carboxylic acids is 1. The van der Waals surface area contributed by atoms with Gasteiger partial charge in [0, 0.05) is 13.1 Å². The molecular weight excluding hydrogens is 274 g/mol. The highest BCUT2D eigenvalue weighted by molar-refractivity contribution is 5.74. The summed E-state index contributed by atoms with van der Waals surface area (Å²) >= 11 is 0. The van der Waals surface area contributed by atoms with Crippen LogP contribution >= 0.6 is 0 Å². The zero-order valence-corrected chi connectivity index (χ0v) is 11.5. The number of rotatable bonds is 3. The van der Waals surface area contributed by atoms with Crippen molar-refractivity contribution < 1.29 is 14.8 Å². The summed E-state index contributed by atoms with van der Waals surface area (Å²) in [6.07, 6.45) is 0.553. The summed E-state index contributed by atoms with van der Waals surface area (Å²) in [5, 5.41) is 29.5. The van der Waals surface area contributed by atoms with Crippen LogP contribution in [0.4, 0.5) is 11.4 Å². The number of hydrogen-bond acceptors (Lipinski definition) is 5. The largest absolute Gasteiger partial charge is 0.481 e. The maximum atomic E-state index is 11.3. The van der Waals surface area contributed by atoms with Gasteiger partial charge in [-0.05, 0) is 24.5 Å². The van der Waals surface area contributed by atoms with Gasteiger partial charge in [-0.15, -0.1) is 0 Å². The number of anilines is 1. The maximum absolute atomic E-state index is 11.3. The smallest absolute Gasteiger partial charge is 0.310 e. The van der Waals surface area contributed by atoms with Gasteiger partial charge in [0.05, 0.1) is 10.8 Å². The first kappa shape index (κ1) is 14.8. The van der Waals surface area contributed by atoms with E-state index in [2.05, 4.69) is 0 Å². The van der Waals surface area contributed by atoms with Crippen LogP contribution in [-0.4, -0.2) is 29.1 Å². The minimum atomic E-state index is -0.898. The summed E-state index contributed by atoms with van der Waals surface area (Å²) in [6.45, 7) is 2.68. The summed E-state index contributed by atoms with van der Waals surface area (Å²) in [5.74, 6) is -1.34. The number of nitro benzene ring substituents is 1. The third-order valence-corrected chi connectivity index (χ3v) is 3.67. The minimum Gasteiger partial charge on any atom is -0.481 e. The number of piperidine rings is 1. The number of hydrogen-bond donors (Lipinski definition) is 1. The summed E-state index contributed by atoms with van der Waals surface area (Å²) in [4.78, 5) is 23.6. The Labute approximate surface area is 121 Å². The topological polar surface area (TPSA) is 107 Å². The lowest BCUT2D eigenvalue weighted by Crippen LogP contribution is -2.42. The normalized spacial score (nSPS) is 21.6. The number of nitrogens with zero attached hydrogens (tertiary/aromatic N) is 3. The van der Waals surface area contributed by atoms with E-state index in [0.29, 0.717) is 18.7 Å². The van der Waals surface area contributed by atoms with Crippen molar-refractivity contribution in [1.82, 2.24) is 0 Å². The molecule has 110 valence electrons. The SMILES string of the molecule is CC1CC(C(=O)O)CN(c2cccc(C#N)c2[N+](=O)[O-])C1. The summed E-state index contributed by atoms with van der Waals surface area (Å²) in [5.41, 5.74) is 0.0534. The molecule has 0 bridgehead atoms. The molecule has 2 rings (SSSR count). The van der Waals surface area contributed by atoms with Crippen molar-refractivity contribution in [3.63, 3.8) is 0 Å². The van der Waals surface area contributed by atoms with Crippen molar-refractivity contribution in [2.24, 2.45) is 11.8 Å². The highest BCUT2D eigenvalue weighted by atomic mass is 16.6. The lowest BCUT2D eigenvalue weighted by atomic mass is 9.90. The van der Waals surface area contributed by atoms with Crippen LogP contribution in [0.25, 0.3) is 0 Å². The molecule has 1 aromatic carbocycles. The molecule has 1 fully saturated rings. The first-order chi connectivity index (χ1) is 9.93. The lowest BCUT2D eigenvalue weighted by molar-refractivity contribution is -0.384. The molecule has 2 atom stereocenters. The van der Waals surface area contributed by atoms with Crippen LogP contribution in [-0.2, 0) is 4.79 Å². The molecule has 7 heteroatoms. The molecule has 1 saturated heterocycles. The van der Waals surface area contributed by atoms with Crippen LogP contribution in [0.1, 0.15) is 18.9 Å². The van der Waals surface area contributed by atoms with Crippen LogP contribution < -0.4 is 4.90 Å². The molecule has 2 unspecified atom stereocenters. The standard InChI is InChI=1S/C14H15N3O4/c1-9-5-11(14(18)19)8-16(7-9)12-4-2-3-10(6-15)13(12)17(20)21/h2-4,9,11H,5,7-8H2,1H3,(H,18,19). The first-order valence-electron chi connectivity index (χ1n) is 6.59. The van der Waals surface area contributed by atoms with E-state index in [0.717, 1.165) is 0 Å². The molecule has 21 heavy (non-hydrogen) atoms. The summed E-state index contributed by atoms with van der Waals surface area (Å²) < 4.78 is 0. The van der Waals surface area contributed by atoms with E-state index in [-0.39, 0.29) is 23.7 Å². The molecular formula is C14H15N3O4. The Morgan fingerprint density at radius 3 is 2.81 bits per heavy atom. The van der Waals surface area contributed by atoms with Crippen molar-refractivity contribution in [2.75, 3.05) is 18.0 Å².